The average molecular weight is 251 g/mol. The van der Waals surface area contributed by atoms with Gasteiger partial charge < -0.3 is 10.6 Å². The first-order valence-corrected chi connectivity index (χ1v) is 7.20. The van der Waals surface area contributed by atoms with E-state index in [9.17, 15) is 0 Å². The van der Waals surface area contributed by atoms with E-state index in [1.807, 2.05) is 11.8 Å². The van der Waals surface area contributed by atoms with Crippen molar-refractivity contribution in [2.75, 3.05) is 23.7 Å². The Kier molecular flexibility index (Phi) is 3.94. The smallest absolute Gasteiger partial charge is 0.133 e. The molecule has 1 aromatic rings. The fourth-order valence-electron chi connectivity index (χ4n) is 2.37. The highest BCUT2D eigenvalue weighted by atomic mass is 32.2. The van der Waals surface area contributed by atoms with E-state index in [0.717, 1.165) is 24.6 Å². The molecule has 1 saturated heterocycles. The van der Waals surface area contributed by atoms with Gasteiger partial charge in [0.2, 0.25) is 0 Å². The minimum Gasteiger partial charge on any atom is -0.354 e. The molecule has 0 spiro atoms. The van der Waals surface area contributed by atoms with Crippen LogP contribution in [0.15, 0.2) is 6.07 Å². The number of hydrogen-bond acceptors (Lipinski definition) is 4. The second-order valence-corrected chi connectivity index (χ2v) is 6.26. The molecule has 0 saturated carbocycles. The molecule has 1 aromatic heterocycles. The topological polar surface area (TPSA) is 42.1 Å². The van der Waals surface area contributed by atoms with E-state index in [2.05, 4.69) is 31.7 Å². The van der Waals surface area contributed by atoms with Crippen LogP contribution in [0.1, 0.15) is 23.7 Å². The fraction of sp³-hybridized carbons (Fsp3) is 0.615. The lowest BCUT2D eigenvalue weighted by Gasteiger charge is -2.33. The Hall–Kier alpha value is -0.740. The molecule has 3 nitrogen and oxygen atoms in total. The second kappa shape index (κ2) is 5.27. The normalized spacial score (nSPS) is 20.7. The van der Waals surface area contributed by atoms with Gasteiger partial charge in [-0.1, -0.05) is 6.92 Å². The van der Waals surface area contributed by atoms with Crippen LogP contribution in [-0.4, -0.2) is 29.1 Å². The number of nitrogens with zero attached hydrogens (tertiary/aromatic N) is 2. The maximum Gasteiger partial charge on any atom is 0.133 e. The number of aromatic nitrogens is 1. The Labute approximate surface area is 108 Å². The van der Waals surface area contributed by atoms with Crippen LogP contribution >= 0.6 is 11.8 Å². The summed E-state index contributed by atoms with van der Waals surface area (Å²) >= 11 is 2.04. The first kappa shape index (κ1) is 12.7. The van der Waals surface area contributed by atoms with Gasteiger partial charge in [-0.05, 0) is 25.5 Å². The molecule has 2 N–H and O–H groups in total. The third-order valence-electron chi connectivity index (χ3n) is 3.20. The standard InChI is InChI=1S/C13H21N3S/c1-9-6-10(2)15-13(12(9)7-14)16-4-5-17-11(3)8-16/h6,11H,4-5,7-8,14H2,1-3H3. The minimum atomic E-state index is 0.576. The lowest BCUT2D eigenvalue weighted by Crippen LogP contribution is -2.38. The van der Waals surface area contributed by atoms with Crippen LogP contribution in [0, 0.1) is 13.8 Å². The number of rotatable bonds is 2. The Balaban J connectivity index is 2.35. The summed E-state index contributed by atoms with van der Waals surface area (Å²) in [7, 11) is 0. The molecular weight excluding hydrogens is 230 g/mol. The van der Waals surface area contributed by atoms with E-state index in [0.29, 0.717) is 11.8 Å². The molecule has 1 atom stereocenters. The van der Waals surface area contributed by atoms with Crippen LogP contribution in [0.25, 0.3) is 0 Å². The van der Waals surface area contributed by atoms with Gasteiger partial charge in [0.1, 0.15) is 5.82 Å². The molecule has 0 aliphatic carbocycles. The number of nitrogens with two attached hydrogens (primary N) is 1. The number of pyridine rings is 1. The summed E-state index contributed by atoms with van der Waals surface area (Å²) in [5.41, 5.74) is 9.42. The van der Waals surface area contributed by atoms with Gasteiger partial charge in [-0.3, -0.25) is 0 Å². The summed E-state index contributed by atoms with van der Waals surface area (Å²) in [6.45, 7) is 9.20. The van der Waals surface area contributed by atoms with E-state index < -0.39 is 0 Å². The number of anilines is 1. The molecule has 2 heterocycles. The van der Waals surface area contributed by atoms with Crippen LogP contribution in [0.5, 0.6) is 0 Å². The molecule has 0 bridgehead atoms. The Bertz CT molecular complexity index is 406. The van der Waals surface area contributed by atoms with Gasteiger partial charge in [-0.2, -0.15) is 11.8 Å². The third-order valence-corrected chi connectivity index (χ3v) is 4.33. The zero-order valence-electron chi connectivity index (χ0n) is 10.9. The van der Waals surface area contributed by atoms with Gasteiger partial charge >= 0.3 is 0 Å². The highest BCUT2D eigenvalue weighted by Crippen LogP contribution is 2.27. The maximum absolute atomic E-state index is 5.87. The highest BCUT2D eigenvalue weighted by molar-refractivity contribution is 8.00. The highest BCUT2D eigenvalue weighted by Gasteiger charge is 2.21. The van der Waals surface area contributed by atoms with Crippen LogP contribution in [0.3, 0.4) is 0 Å². The lowest BCUT2D eigenvalue weighted by atomic mass is 10.1. The van der Waals surface area contributed by atoms with Gasteiger partial charge in [0.25, 0.3) is 0 Å². The van der Waals surface area contributed by atoms with Gasteiger partial charge in [-0.15, -0.1) is 0 Å². The molecule has 17 heavy (non-hydrogen) atoms. The molecule has 0 amide bonds. The Morgan fingerprint density at radius 2 is 2.29 bits per heavy atom. The summed E-state index contributed by atoms with van der Waals surface area (Å²) in [6.07, 6.45) is 0. The number of hydrogen-bond donors (Lipinski definition) is 1. The van der Waals surface area contributed by atoms with Crippen molar-refractivity contribution in [3.63, 3.8) is 0 Å². The molecular formula is C13H21N3S. The third kappa shape index (κ3) is 2.75. The lowest BCUT2D eigenvalue weighted by molar-refractivity contribution is 0.758. The molecule has 1 aliphatic heterocycles. The van der Waals surface area contributed by atoms with Crippen LogP contribution in [0.4, 0.5) is 5.82 Å². The monoisotopic (exact) mass is 251 g/mol. The van der Waals surface area contributed by atoms with Crippen LogP contribution in [-0.2, 0) is 6.54 Å². The summed E-state index contributed by atoms with van der Waals surface area (Å²) < 4.78 is 0. The van der Waals surface area contributed by atoms with Crippen LogP contribution < -0.4 is 10.6 Å². The summed E-state index contributed by atoms with van der Waals surface area (Å²) in [5, 5.41) is 0.678. The van der Waals surface area contributed by atoms with Crippen molar-refractivity contribution >= 4 is 17.6 Å². The van der Waals surface area contributed by atoms with Gasteiger partial charge in [0.15, 0.2) is 0 Å². The maximum atomic E-state index is 5.87. The van der Waals surface area contributed by atoms with Gasteiger partial charge in [-0.25, -0.2) is 4.98 Å². The van der Waals surface area contributed by atoms with E-state index in [1.54, 1.807) is 0 Å². The average Bonchev–Trinajstić information content (AvgIpc) is 2.28. The molecule has 1 aliphatic rings. The van der Waals surface area contributed by atoms with Crippen molar-refractivity contribution in [1.29, 1.82) is 0 Å². The molecule has 2 rings (SSSR count). The molecule has 1 fully saturated rings. The molecule has 4 heteroatoms. The van der Waals surface area contributed by atoms with E-state index >= 15 is 0 Å². The molecule has 0 aromatic carbocycles. The number of thioether (sulfide) groups is 1. The van der Waals surface area contributed by atoms with Crippen molar-refractivity contribution in [3.05, 3.63) is 22.9 Å². The summed E-state index contributed by atoms with van der Waals surface area (Å²) in [6, 6.07) is 2.12. The SMILES string of the molecule is Cc1cc(C)c(CN)c(N2CCSC(C)C2)n1. The first-order chi connectivity index (χ1) is 8.11. The summed E-state index contributed by atoms with van der Waals surface area (Å²) in [4.78, 5) is 7.09. The zero-order chi connectivity index (χ0) is 12.4. The fourth-order valence-corrected chi connectivity index (χ4v) is 3.38. The second-order valence-electron chi connectivity index (χ2n) is 4.71. The Morgan fingerprint density at radius 3 is 2.94 bits per heavy atom. The van der Waals surface area contributed by atoms with Crippen molar-refractivity contribution in [3.8, 4) is 0 Å². The van der Waals surface area contributed by atoms with Crippen LogP contribution in [0.2, 0.25) is 0 Å². The largest absolute Gasteiger partial charge is 0.354 e. The predicted molar refractivity (Wildman–Crippen MR) is 75.7 cm³/mol. The van der Waals surface area contributed by atoms with E-state index in [4.69, 9.17) is 10.7 Å². The van der Waals surface area contributed by atoms with Gasteiger partial charge in [0.05, 0.1) is 0 Å². The molecule has 0 radical (unpaired) electrons. The van der Waals surface area contributed by atoms with Crippen molar-refractivity contribution in [2.45, 2.75) is 32.6 Å². The minimum absolute atomic E-state index is 0.576. The number of aryl methyl sites for hydroxylation is 2. The van der Waals surface area contributed by atoms with Crippen molar-refractivity contribution in [2.24, 2.45) is 5.73 Å². The van der Waals surface area contributed by atoms with Gasteiger partial charge in [0, 0.05) is 41.9 Å². The van der Waals surface area contributed by atoms with E-state index in [-0.39, 0.29) is 0 Å². The summed E-state index contributed by atoms with van der Waals surface area (Å²) in [5.74, 6) is 2.29. The Morgan fingerprint density at radius 1 is 1.53 bits per heavy atom. The quantitative estimate of drug-likeness (QED) is 0.874. The zero-order valence-corrected chi connectivity index (χ0v) is 11.7. The first-order valence-electron chi connectivity index (χ1n) is 6.15. The van der Waals surface area contributed by atoms with E-state index in [1.165, 1.54) is 16.9 Å². The van der Waals surface area contributed by atoms with Crippen molar-refractivity contribution < 1.29 is 0 Å². The predicted octanol–water partition coefficient (Wildman–Crippen LogP) is 2.10. The molecule has 1 unspecified atom stereocenters. The molecule has 94 valence electrons. The van der Waals surface area contributed by atoms with Crippen molar-refractivity contribution in [1.82, 2.24) is 4.98 Å².